The molecule has 7 nitrogen and oxygen atoms in total. The molecule has 2 heterocycles. The fourth-order valence-electron chi connectivity index (χ4n) is 2.65. The van der Waals surface area contributed by atoms with Gasteiger partial charge in [0, 0.05) is 11.6 Å². The fraction of sp³-hybridized carbons (Fsp3) is 0.0526. The van der Waals surface area contributed by atoms with Crippen LogP contribution in [0.2, 0.25) is 0 Å². The number of aromatic nitrogens is 4. The minimum Gasteiger partial charge on any atom is -0.295 e. The molecule has 0 saturated heterocycles. The second-order valence-corrected chi connectivity index (χ2v) is 5.76. The second-order valence-electron chi connectivity index (χ2n) is 5.76. The highest BCUT2D eigenvalue weighted by Gasteiger charge is 2.11. The van der Waals surface area contributed by atoms with Crippen LogP contribution in [0.3, 0.4) is 0 Å². The van der Waals surface area contributed by atoms with E-state index in [4.69, 9.17) is 0 Å². The van der Waals surface area contributed by atoms with E-state index >= 15 is 0 Å². The standard InChI is InChI=1S/C19H15N5O2/c25-16(11-13-7-3-1-4-8-13)21-18-22-19-20-15(12-17(26)24(19)23-18)14-9-5-2-6-10-14/h1-10,12H,11H2,(H2,20,21,22,23,25). The normalized spacial score (nSPS) is 10.8. The first-order valence-corrected chi connectivity index (χ1v) is 8.08. The molecule has 0 aliphatic rings. The van der Waals surface area contributed by atoms with Crippen molar-refractivity contribution in [3.63, 3.8) is 0 Å². The predicted octanol–water partition coefficient (Wildman–Crippen LogP) is 2.27. The Labute approximate surface area is 148 Å². The lowest BCUT2D eigenvalue weighted by atomic mass is 10.1. The van der Waals surface area contributed by atoms with Crippen molar-refractivity contribution in [3.05, 3.63) is 82.6 Å². The van der Waals surface area contributed by atoms with Gasteiger partial charge in [-0.3, -0.25) is 20.0 Å². The van der Waals surface area contributed by atoms with Crippen molar-refractivity contribution in [2.45, 2.75) is 6.42 Å². The Morgan fingerprint density at radius 2 is 1.69 bits per heavy atom. The molecule has 0 saturated carbocycles. The highest BCUT2D eigenvalue weighted by Crippen LogP contribution is 2.15. The Morgan fingerprint density at radius 1 is 1.00 bits per heavy atom. The third kappa shape index (κ3) is 3.23. The monoisotopic (exact) mass is 345 g/mol. The van der Waals surface area contributed by atoms with E-state index in [-0.39, 0.29) is 29.6 Å². The molecule has 0 aliphatic carbocycles. The summed E-state index contributed by atoms with van der Waals surface area (Å²) in [6.07, 6.45) is 0.218. The van der Waals surface area contributed by atoms with Crippen molar-refractivity contribution in [2.75, 3.05) is 5.32 Å². The van der Waals surface area contributed by atoms with Crippen LogP contribution in [0.1, 0.15) is 5.56 Å². The molecule has 0 aliphatic heterocycles. The first-order chi connectivity index (χ1) is 12.7. The lowest BCUT2D eigenvalue weighted by molar-refractivity contribution is -0.115. The van der Waals surface area contributed by atoms with Gasteiger partial charge in [0.05, 0.1) is 12.1 Å². The number of rotatable bonds is 4. The quantitative estimate of drug-likeness (QED) is 0.593. The Kier molecular flexibility index (Phi) is 4.03. The molecule has 0 atom stereocenters. The van der Waals surface area contributed by atoms with Crippen molar-refractivity contribution in [1.82, 2.24) is 19.6 Å². The number of hydrogen-bond acceptors (Lipinski definition) is 4. The van der Waals surface area contributed by atoms with Gasteiger partial charge >= 0.3 is 0 Å². The number of carbonyl (C=O) groups excluding carboxylic acids is 1. The molecule has 2 aromatic heterocycles. The molecular formula is C19H15N5O2. The van der Waals surface area contributed by atoms with Crippen molar-refractivity contribution in [1.29, 1.82) is 0 Å². The summed E-state index contributed by atoms with van der Waals surface area (Å²) in [6, 6.07) is 20.2. The van der Waals surface area contributed by atoms with Gasteiger partial charge in [0.25, 0.3) is 11.3 Å². The van der Waals surface area contributed by atoms with Gasteiger partial charge in [-0.25, -0.2) is 4.98 Å². The molecular weight excluding hydrogens is 330 g/mol. The first-order valence-electron chi connectivity index (χ1n) is 8.08. The highest BCUT2D eigenvalue weighted by molar-refractivity contribution is 5.90. The van der Waals surface area contributed by atoms with Crippen molar-refractivity contribution in [3.8, 4) is 11.3 Å². The fourth-order valence-corrected chi connectivity index (χ4v) is 2.65. The zero-order chi connectivity index (χ0) is 17.9. The number of aromatic amines is 1. The number of benzene rings is 2. The van der Waals surface area contributed by atoms with Crippen LogP contribution in [0.4, 0.5) is 5.95 Å². The molecule has 0 bridgehead atoms. The van der Waals surface area contributed by atoms with Crippen LogP contribution in [0.25, 0.3) is 17.0 Å². The zero-order valence-corrected chi connectivity index (χ0v) is 13.7. The van der Waals surface area contributed by atoms with Crippen LogP contribution in [0, 0.1) is 0 Å². The summed E-state index contributed by atoms with van der Waals surface area (Å²) < 4.78 is 1.20. The lowest BCUT2D eigenvalue weighted by Gasteiger charge is -2.01. The van der Waals surface area contributed by atoms with Crippen LogP contribution in [-0.4, -0.2) is 25.5 Å². The van der Waals surface area contributed by atoms with E-state index in [2.05, 4.69) is 20.4 Å². The van der Waals surface area contributed by atoms with Gasteiger partial charge in [-0.15, -0.1) is 0 Å². The number of anilines is 1. The maximum atomic E-state index is 12.3. The number of carbonyl (C=O) groups is 1. The molecule has 2 N–H and O–H groups in total. The summed E-state index contributed by atoms with van der Waals surface area (Å²) in [4.78, 5) is 33.0. The molecule has 0 fully saturated rings. The Balaban J connectivity index is 1.60. The SMILES string of the molecule is O=C(Cc1ccccc1)Nc1nc2nc(-c3ccccc3)cc(=O)n2[nH]1. The van der Waals surface area contributed by atoms with Gasteiger partial charge in [0.2, 0.25) is 11.9 Å². The Hall–Kier alpha value is -3.74. The van der Waals surface area contributed by atoms with Crippen LogP contribution in [0.15, 0.2) is 71.5 Å². The summed E-state index contributed by atoms with van der Waals surface area (Å²) in [5.74, 6) is 0.152. The average molecular weight is 345 g/mol. The molecule has 4 aromatic rings. The van der Waals surface area contributed by atoms with Gasteiger partial charge in [-0.1, -0.05) is 60.7 Å². The number of amides is 1. The number of nitrogens with zero attached hydrogens (tertiary/aromatic N) is 3. The summed E-state index contributed by atoms with van der Waals surface area (Å²) >= 11 is 0. The number of fused-ring (bicyclic) bond motifs is 1. The predicted molar refractivity (Wildman–Crippen MR) is 97.8 cm³/mol. The molecule has 0 spiro atoms. The third-order valence-electron chi connectivity index (χ3n) is 3.87. The maximum absolute atomic E-state index is 12.3. The highest BCUT2D eigenvalue weighted by atomic mass is 16.2. The Morgan fingerprint density at radius 3 is 2.42 bits per heavy atom. The lowest BCUT2D eigenvalue weighted by Crippen LogP contribution is -2.17. The molecule has 26 heavy (non-hydrogen) atoms. The van der Waals surface area contributed by atoms with Gasteiger partial charge in [-0.2, -0.15) is 9.50 Å². The molecule has 0 unspecified atom stereocenters. The summed E-state index contributed by atoms with van der Waals surface area (Å²) in [6.45, 7) is 0. The van der Waals surface area contributed by atoms with E-state index in [0.717, 1.165) is 11.1 Å². The van der Waals surface area contributed by atoms with Crippen LogP contribution in [-0.2, 0) is 11.2 Å². The van der Waals surface area contributed by atoms with E-state index in [1.807, 2.05) is 60.7 Å². The molecule has 128 valence electrons. The van der Waals surface area contributed by atoms with E-state index in [9.17, 15) is 9.59 Å². The average Bonchev–Trinajstić information content (AvgIpc) is 3.06. The number of hydrogen-bond donors (Lipinski definition) is 2. The molecule has 2 aromatic carbocycles. The van der Waals surface area contributed by atoms with Crippen molar-refractivity contribution in [2.24, 2.45) is 0 Å². The number of H-pyrrole nitrogens is 1. The van der Waals surface area contributed by atoms with Gasteiger partial charge in [0.15, 0.2) is 0 Å². The zero-order valence-electron chi connectivity index (χ0n) is 13.7. The van der Waals surface area contributed by atoms with E-state index in [1.54, 1.807) is 0 Å². The molecule has 0 radical (unpaired) electrons. The van der Waals surface area contributed by atoms with Crippen molar-refractivity contribution >= 4 is 17.6 Å². The minimum absolute atomic E-state index is 0.181. The first kappa shape index (κ1) is 15.8. The van der Waals surface area contributed by atoms with E-state index in [1.165, 1.54) is 10.6 Å². The molecule has 7 heteroatoms. The smallest absolute Gasteiger partial charge is 0.274 e. The summed E-state index contributed by atoms with van der Waals surface area (Å²) in [5, 5.41) is 5.42. The summed E-state index contributed by atoms with van der Waals surface area (Å²) in [7, 11) is 0. The topological polar surface area (TPSA) is 92.2 Å². The molecule has 4 rings (SSSR count). The minimum atomic E-state index is -0.301. The van der Waals surface area contributed by atoms with Gasteiger partial charge < -0.3 is 0 Å². The van der Waals surface area contributed by atoms with Crippen molar-refractivity contribution < 1.29 is 4.79 Å². The van der Waals surface area contributed by atoms with E-state index < -0.39 is 0 Å². The van der Waals surface area contributed by atoms with Crippen LogP contribution in [0.5, 0.6) is 0 Å². The third-order valence-corrected chi connectivity index (χ3v) is 3.87. The maximum Gasteiger partial charge on any atom is 0.274 e. The van der Waals surface area contributed by atoms with Gasteiger partial charge in [0.1, 0.15) is 0 Å². The summed E-state index contributed by atoms with van der Waals surface area (Å²) in [5.41, 5.74) is 1.95. The second kappa shape index (κ2) is 6.64. The van der Waals surface area contributed by atoms with Crippen LogP contribution < -0.4 is 10.9 Å². The number of nitrogens with one attached hydrogen (secondary N) is 2. The van der Waals surface area contributed by atoms with Gasteiger partial charge in [-0.05, 0) is 5.56 Å². The van der Waals surface area contributed by atoms with E-state index in [0.29, 0.717) is 5.69 Å². The Bertz CT molecular complexity index is 1120. The molecule has 1 amide bonds. The largest absolute Gasteiger partial charge is 0.295 e. The van der Waals surface area contributed by atoms with Crippen LogP contribution >= 0.6 is 0 Å².